The molecule has 0 bridgehead atoms. The van der Waals surface area contributed by atoms with Crippen LogP contribution in [0.25, 0.3) is 0 Å². The van der Waals surface area contributed by atoms with Crippen molar-refractivity contribution < 1.29 is 18.7 Å². The van der Waals surface area contributed by atoms with E-state index in [1.165, 1.54) is 12.7 Å². The van der Waals surface area contributed by atoms with Gasteiger partial charge in [-0.25, -0.2) is 0 Å². The van der Waals surface area contributed by atoms with Crippen LogP contribution in [0.4, 0.5) is 0 Å². The quantitative estimate of drug-likeness (QED) is 0.540. The van der Waals surface area contributed by atoms with Crippen LogP contribution < -0.4 is 0 Å². The molecule has 31 heavy (non-hydrogen) atoms. The summed E-state index contributed by atoms with van der Waals surface area (Å²) in [5.74, 6) is 0.888. The summed E-state index contributed by atoms with van der Waals surface area (Å²) < 4.78 is 10.7. The summed E-state index contributed by atoms with van der Waals surface area (Å²) in [4.78, 5) is 26.2. The molecular weight excluding hydrogens is 388 g/mol. The number of esters is 1. The van der Waals surface area contributed by atoms with Crippen molar-refractivity contribution in [1.29, 1.82) is 0 Å². The third-order valence-corrected chi connectivity index (χ3v) is 10.4. The normalized spacial score (nSPS) is 46.5. The number of furan rings is 1. The number of hydrogen-bond donors (Lipinski definition) is 0. The van der Waals surface area contributed by atoms with Gasteiger partial charge in [0.05, 0.1) is 31.0 Å². The largest absolute Gasteiger partial charge is 0.472 e. The molecule has 0 aliphatic heterocycles. The number of rotatable bonds is 2. The summed E-state index contributed by atoms with van der Waals surface area (Å²) in [7, 11) is 1.53. The van der Waals surface area contributed by atoms with Crippen LogP contribution in [0.3, 0.4) is 0 Å². The molecule has 0 radical (unpaired) electrons. The first-order chi connectivity index (χ1) is 14.6. The zero-order valence-electron chi connectivity index (χ0n) is 19.6. The molecule has 3 fully saturated rings. The highest BCUT2D eigenvalue weighted by molar-refractivity contribution is 6.00. The number of allylic oxidation sites excluding steroid dienone is 2. The van der Waals surface area contributed by atoms with Crippen molar-refractivity contribution in [2.24, 2.45) is 33.5 Å². The highest BCUT2D eigenvalue weighted by Gasteiger charge is 2.67. The Hall–Kier alpha value is -1.84. The van der Waals surface area contributed by atoms with Gasteiger partial charge in [0.2, 0.25) is 0 Å². The summed E-state index contributed by atoms with van der Waals surface area (Å²) in [5, 5.41) is 0. The number of methoxy groups -OCH3 is 1. The standard InChI is InChI=1S/C27H36O4/c1-24-10-6-11-27(4,23(29)30-5)20(24)7-12-25(2)19(24)8-13-26(3)21(25)15-18(28)22(26)17-9-14-31-16-17/h9,14-16,19-20,22H,6-8,10-13H2,1-5H3/t19?,20?,22-,24+,25+,26-,27-/m0/s1. The second kappa shape index (κ2) is 6.59. The maximum atomic E-state index is 13.3. The zero-order chi connectivity index (χ0) is 22.2. The van der Waals surface area contributed by atoms with Gasteiger partial charge in [-0.2, -0.15) is 0 Å². The second-order valence-electron chi connectivity index (χ2n) is 11.7. The van der Waals surface area contributed by atoms with Gasteiger partial charge in [-0.15, -0.1) is 0 Å². The minimum absolute atomic E-state index is 0.000759. The van der Waals surface area contributed by atoms with Gasteiger partial charge in [-0.1, -0.05) is 32.8 Å². The molecule has 4 heteroatoms. The Labute approximate surface area is 185 Å². The summed E-state index contributed by atoms with van der Waals surface area (Å²) in [5.41, 5.74) is 1.92. The molecule has 0 amide bonds. The van der Waals surface area contributed by atoms with Crippen molar-refractivity contribution in [2.75, 3.05) is 7.11 Å². The topological polar surface area (TPSA) is 56.5 Å². The summed E-state index contributed by atoms with van der Waals surface area (Å²) in [6, 6.07) is 1.96. The van der Waals surface area contributed by atoms with Crippen molar-refractivity contribution in [1.82, 2.24) is 0 Å². The van der Waals surface area contributed by atoms with Gasteiger partial charge in [0, 0.05) is 11.0 Å². The lowest BCUT2D eigenvalue weighted by atomic mass is 9.38. The van der Waals surface area contributed by atoms with E-state index in [1.54, 1.807) is 12.5 Å². The molecule has 0 N–H and O–H groups in total. The van der Waals surface area contributed by atoms with E-state index in [1.807, 2.05) is 12.1 Å². The molecule has 5 rings (SSSR count). The Bertz CT molecular complexity index is 944. The molecule has 0 saturated heterocycles. The van der Waals surface area contributed by atoms with Gasteiger partial charge in [-0.05, 0) is 80.3 Å². The van der Waals surface area contributed by atoms with Crippen molar-refractivity contribution in [2.45, 2.75) is 78.6 Å². The predicted molar refractivity (Wildman–Crippen MR) is 118 cm³/mol. The fourth-order valence-corrected chi connectivity index (χ4v) is 9.14. The van der Waals surface area contributed by atoms with Gasteiger partial charge in [0.25, 0.3) is 0 Å². The first-order valence-electron chi connectivity index (χ1n) is 12.0. The van der Waals surface area contributed by atoms with E-state index >= 15 is 0 Å². The van der Waals surface area contributed by atoms with Crippen LogP contribution in [0.2, 0.25) is 0 Å². The van der Waals surface area contributed by atoms with E-state index in [0.29, 0.717) is 11.8 Å². The summed E-state index contributed by atoms with van der Waals surface area (Å²) >= 11 is 0. The van der Waals surface area contributed by atoms with Gasteiger partial charge in [-0.3, -0.25) is 9.59 Å². The average Bonchev–Trinajstić information content (AvgIpc) is 3.32. The number of fused-ring (bicyclic) bond motifs is 5. The molecule has 168 valence electrons. The van der Waals surface area contributed by atoms with Gasteiger partial charge >= 0.3 is 5.97 Å². The van der Waals surface area contributed by atoms with E-state index in [4.69, 9.17) is 9.15 Å². The Balaban J connectivity index is 1.55. The fourth-order valence-electron chi connectivity index (χ4n) is 9.14. The lowest BCUT2D eigenvalue weighted by Gasteiger charge is -2.66. The first-order valence-corrected chi connectivity index (χ1v) is 12.0. The average molecular weight is 425 g/mol. The lowest BCUT2D eigenvalue weighted by molar-refractivity contribution is -0.181. The first kappa shape index (κ1) is 21.0. The van der Waals surface area contributed by atoms with E-state index in [-0.39, 0.29) is 33.9 Å². The molecule has 3 saturated carbocycles. The second-order valence-corrected chi connectivity index (χ2v) is 11.7. The van der Waals surface area contributed by atoms with E-state index in [2.05, 4.69) is 27.7 Å². The Morgan fingerprint density at radius 1 is 1.03 bits per heavy atom. The van der Waals surface area contributed by atoms with Crippen LogP contribution >= 0.6 is 0 Å². The Kier molecular flexibility index (Phi) is 4.47. The van der Waals surface area contributed by atoms with E-state index in [0.717, 1.165) is 50.5 Å². The number of ketones is 1. The predicted octanol–water partition coefficient (Wildman–Crippen LogP) is 6.07. The van der Waals surface area contributed by atoms with Gasteiger partial charge in [0.1, 0.15) is 0 Å². The SMILES string of the molecule is COC(=O)[C@@]1(C)CCC[C@]2(C)C3CC[C@@]4(C)C(=CC(=O)[C@@H]4c4ccoc4)[C@]3(C)CCC21. The smallest absolute Gasteiger partial charge is 0.311 e. The van der Waals surface area contributed by atoms with Crippen LogP contribution in [-0.4, -0.2) is 18.9 Å². The molecule has 7 atom stereocenters. The highest BCUT2D eigenvalue weighted by Crippen LogP contribution is 2.73. The van der Waals surface area contributed by atoms with Crippen molar-refractivity contribution in [3.05, 3.63) is 35.8 Å². The molecule has 1 aromatic rings. The summed E-state index contributed by atoms with van der Waals surface area (Å²) in [6.07, 6.45) is 12.8. The molecule has 0 aromatic carbocycles. The monoisotopic (exact) mass is 424 g/mol. The van der Waals surface area contributed by atoms with Crippen molar-refractivity contribution in [3.63, 3.8) is 0 Å². The third kappa shape index (κ3) is 2.54. The van der Waals surface area contributed by atoms with Crippen LogP contribution in [-0.2, 0) is 14.3 Å². The van der Waals surface area contributed by atoms with Gasteiger partial charge in [0.15, 0.2) is 5.78 Å². The van der Waals surface area contributed by atoms with Crippen LogP contribution in [0.1, 0.15) is 84.1 Å². The number of carbonyl (C=O) groups is 2. The maximum absolute atomic E-state index is 13.3. The van der Waals surface area contributed by atoms with E-state index < -0.39 is 5.41 Å². The highest BCUT2D eigenvalue weighted by atomic mass is 16.5. The molecule has 4 aliphatic carbocycles. The molecule has 4 nitrogen and oxygen atoms in total. The lowest BCUT2D eigenvalue weighted by Crippen LogP contribution is -2.60. The van der Waals surface area contributed by atoms with Crippen molar-refractivity contribution >= 4 is 11.8 Å². The van der Waals surface area contributed by atoms with E-state index in [9.17, 15) is 9.59 Å². The Morgan fingerprint density at radius 2 is 1.74 bits per heavy atom. The molecular formula is C27H36O4. The molecule has 2 unspecified atom stereocenters. The minimum Gasteiger partial charge on any atom is -0.472 e. The van der Waals surface area contributed by atoms with Crippen LogP contribution in [0.5, 0.6) is 0 Å². The number of hydrogen-bond acceptors (Lipinski definition) is 4. The minimum atomic E-state index is -0.400. The Morgan fingerprint density at radius 3 is 2.42 bits per heavy atom. The molecule has 1 aromatic heterocycles. The van der Waals surface area contributed by atoms with Crippen LogP contribution in [0.15, 0.2) is 34.7 Å². The third-order valence-electron chi connectivity index (χ3n) is 10.4. The molecule has 1 heterocycles. The van der Waals surface area contributed by atoms with Crippen molar-refractivity contribution in [3.8, 4) is 0 Å². The molecule has 4 aliphatic rings. The number of carbonyl (C=O) groups excluding carboxylic acids is 2. The maximum Gasteiger partial charge on any atom is 0.311 e. The zero-order valence-corrected chi connectivity index (χ0v) is 19.6. The fraction of sp³-hybridized carbons (Fsp3) is 0.704. The summed E-state index contributed by atoms with van der Waals surface area (Å²) in [6.45, 7) is 9.30. The molecule has 0 spiro atoms. The van der Waals surface area contributed by atoms with Gasteiger partial charge < -0.3 is 9.15 Å². The van der Waals surface area contributed by atoms with Crippen LogP contribution in [0, 0.1) is 33.5 Å². The number of ether oxygens (including phenoxy) is 1.